The minimum Gasteiger partial charge on any atom is -0.138 e. The van der Waals surface area contributed by atoms with Crippen LogP contribution in [-0.4, -0.2) is 7.44 Å². The number of rotatable bonds is 2. The molecular weight excluding hydrogens is 67.0 g/mol. The lowest BCUT2D eigenvalue weighted by Gasteiger charge is -1.68. The van der Waals surface area contributed by atoms with Crippen molar-refractivity contribution in [1.82, 2.24) is 0 Å². The van der Waals surface area contributed by atoms with Crippen molar-refractivity contribution in [2.75, 3.05) is 6.16 Å². The van der Waals surface area contributed by atoms with E-state index in [0.29, 0.717) is 9.18 Å². The third-order valence-corrected chi connectivity index (χ3v) is 0.750. The van der Waals surface area contributed by atoms with Crippen molar-refractivity contribution >= 4 is 9.18 Å². The van der Waals surface area contributed by atoms with Crippen LogP contribution < -0.4 is 0 Å². The topological polar surface area (TPSA) is 0 Å². The van der Waals surface area contributed by atoms with Crippen LogP contribution in [0.15, 0.2) is 0 Å². The molecule has 0 aliphatic rings. The van der Waals surface area contributed by atoms with Crippen molar-refractivity contribution in [2.24, 2.45) is 0 Å². The minimum absolute atomic E-state index is 0.408. The van der Waals surface area contributed by atoms with Gasteiger partial charge < -0.3 is 0 Å². The van der Waals surface area contributed by atoms with Gasteiger partial charge in [0.25, 0.3) is 0 Å². The van der Waals surface area contributed by atoms with Gasteiger partial charge in [0, 0.05) is 0 Å². The molecule has 0 saturated carbocycles. The molecule has 0 radical (unpaired) electrons. The predicted molar refractivity (Wildman–Crippen MR) is 24.9 cm³/mol. The van der Waals surface area contributed by atoms with Gasteiger partial charge in [-0.15, -0.1) is 9.18 Å². The first-order valence-electron chi connectivity index (χ1n) is 2.06. The van der Waals surface area contributed by atoms with Crippen LogP contribution in [0.1, 0.15) is 13.3 Å². The summed E-state index contributed by atoms with van der Waals surface area (Å²) in [6, 6.07) is 0. The first-order valence-corrected chi connectivity index (χ1v) is 2.27. The molecule has 0 aliphatic carbocycles. The molecule has 0 N–H and O–H groups in total. The standard InChI is InChI=1S/C3H9P/c1-2-3-4/h2-4H2,1H3/i4T. The molecule has 1 atom stereocenters. The van der Waals surface area contributed by atoms with Gasteiger partial charge in [0.2, 0.25) is 0 Å². The van der Waals surface area contributed by atoms with Crippen molar-refractivity contribution in [3.63, 3.8) is 0 Å². The summed E-state index contributed by atoms with van der Waals surface area (Å²) >= 11 is 0. The highest BCUT2D eigenvalue weighted by Crippen LogP contribution is 1.80. The fraction of sp³-hybridized carbons (Fsp3) is 1.00. The molecule has 26 valence electrons. The zero-order valence-corrected chi connectivity index (χ0v) is 3.91. The first kappa shape index (κ1) is 2.66. The van der Waals surface area contributed by atoms with E-state index in [1.54, 1.807) is 0 Å². The Morgan fingerprint density at radius 3 is 3.00 bits per heavy atom. The van der Waals surface area contributed by atoms with Crippen LogP contribution in [0, 0.1) is 0 Å². The zero-order valence-electron chi connectivity index (χ0n) is 3.91. The van der Waals surface area contributed by atoms with Gasteiger partial charge >= 0.3 is 0 Å². The third kappa shape index (κ3) is 2.43. The maximum Gasteiger partial charge on any atom is 0.0546 e. The molecule has 1 heteroatoms. The fourth-order valence-electron chi connectivity index (χ4n) is 0. The summed E-state index contributed by atoms with van der Waals surface area (Å²) in [6.07, 6.45) is 2.25. The average Bonchev–Trinajstić information content (AvgIpc) is 1.41. The van der Waals surface area contributed by atoms with E-state index >= 15 is 0 Å². The summed E-state index contributed by atoms with van der Waals surface area (Å²) in [5.74, 6) is 0. The third-order valence-electron chi connectivity index (χ3n) is 0.250. The van der Waals surface area contributed by atoms with Crippen LogP contribution in [0.2, 0.25) is 0 Å². The summed E-state index contributed by atoms with van der Waals surface area (Å²) in [4.78, 5) is 0. The quantitative estimate of drug-likeness (QED) is 0.436. The van der Waals surface area contributed by atoms with E-state index in [2.05, 4.69) is 6.92 Å². The Hall–Kier alpha value is 0.430. The monoisotopic (exact) mass is 78.1 g/mol. The molecule has 0 aromatic heterocycles. The summed E-state index contributed by atoms with van der Waals surface area (Å²) < 4.78 is 6.63. The Balaban J connectivity index is 2.19. The average molecular weight is 78.1 g/mol. The Morgan fingerprint density at radius 2 is 3.00 bits per heavy atom. The fourth-order valence-corrected chi connectivity index (χ4v) is 0. The Labute approximate surface area is 31.1 Å². The zero-order chi connectivity index (χ0) is 4.12. The van der Waals surface area contributed by atoms with Gasteiger partial charge in [-0.05, 0) is 6.16 Å². The van der Waals surface area contributed by atoms with Crippen LogP contribution in [0.5, 0.6) is 0 Å². The van der Waals surface area contributed by atoms with Gasteiger partial charge in [-0.3, -0.25) is 0 Å². The van der Waals surface area contributed by atoms with E-state index in [1.165, 1.54) is 6.42 Å². The highest BCUT2D eigenvalue weighted by Gasteiger charge is 1.56. The lowest BCUT2D eigenvalue weighted by molar-refractivity contribution is 1.11. The highest BCUT2D eigenvalue weighted by atomic mass is 31.0. The normalized spacial score (nSPS) is 13.8. The van der Waals surface area contributed by atoms with E-state index in [9.17, 15) is 0 Å². The molecule has 0 heterocycles. The lowest BCUT2D eigenvalue weighted by atomic mass is 10.6. The van der Waals surface area contributed by atoms with Crippen LogP contribution in [0.4, 0.5) is 0 Å². The van der Waals surface area contributed by atoms with E-state index in [4.69, 9.17) is 1.28 Å². The van der Waals surface area contributed by atoms with E-state index in [0.717, 1.165) is 6.16 Å². The maximum atomic E-state index is 6.63. The Bertz CT molecular complexity index is 14.4. The highest BCUT2D eigenvalue weighted by molar-refractivity contribution is 7.16. The van der Waals surface area contributed by atoms with Crippen molar-refractivity contribution in [3.05, 3.63) is 0 Å². The SMILES string of the molecule is [3H]PCCC. The molecule has 0 amide bonds. The lowest BCUT2D eigenvalue weighted by Crippen LogP contribution is -1.54. The summed E-state index contributed by atoms with van der Waals surface area (Å²) in [5.41, 5.74) is 0. The molecule has 0 aromatic rings. The summed E-state index contributed by atoms with van der Waals surface area (Å²) in [5, 5.41) is 0. The van der Waals surface area contributed by atoms with Gasteiger partial charge in [-0.1, -0.05) is 13.3 Å². The van der Waals surface area contributed by atoms with E-state index < -0.39 is 0 Å². The second kappa shape index (κ2) is 3.43. The van der Waals surface area contributed by atoms with Gasteiger partial charge in [-0.25, -0.2) is 0 Å². The molecular formula is C3H9P. The summed E-state index contributed by atoms with van der Waals surface area (Å²) in [7, 11) is 0.408. The molecule has 1 unspecified atom stereocenters. The van der Waals surface area contributed by atoms with Gasteiger partial charge in [0.15, 0.2) is 0 Å². The van der Waals surface area contributed by atoms with Crippen LogP contribution in [0.25, 0.3) is 0 Å². The van der Waals surface area contributed by atoms with E-state index in [-0.39, 0.29) is 0 Å². The van der Waals surface area contributed by atoms with Crippen LogP contribution in [-0.2, 0) is 0 Å². The van der Waals surface area contributed by atoms with Crippen LogP contribution in [0.3, 0.4) is 0 Å². The molecule has 0 spiro atoms. The van der Waals surface area contributed by atoms with Gasteiger partial charge in [-0.2, -0.15) is 0 Å². The largest absolute Gasteiger partial charge is 0.138 e. The van der Waals surface area contributed by atoms with Crippen molar-refractivity contribution in [3.8, 4) is 0 Å². The molecule has 4 heavy (non-hydrogen) atoms. The number of hydrogen-bond acceptors (Lipinski definition) is 0. The van der Waals surface area contributed by atoms with Crippen molar-refractivity contribution in [1.29, 1.82) is 1.28 Å². The van der Waals surface area contributed by atoms with Gasteiger partial charge in [0.1, 0.15) is 0 Å². The Morgan fingerprint density at radius 1 is 2.25 bits per heavy atom. The molecule has 0 aromatic carbocycles. The molecule has 0 nitrogen and oxygen atoms in total. The van der Waals surface area contributed by atoms with Crippen molar-refractivity contribution < 1.29 is 0 Å². The Kier molecular flexibility index (Phi) is 2.28. The second-order valence-corrected chi connectivity index (χ2v) is 1.25. The smallest absolute Gasteiger partial charge is 0.0546 e. The molecule has 0 fully saturated rings. The number of hydrogen-bond donors (Lipinski definition) is 0. The first-order chi connectivity index (χ1) is 2.41. The molecule has 0 rings (SSSR count). The van der Waals surface area contributed by atoms with E-state index in [1.807, 2.05) is 0 Å². The maximum absolute atomic E-state index is 6.63. The van der Waals surface area contributed by atoms with Gasteiger partial charge in [0.05, 0.1) is 1.28 Å². The predicted octanol–water partition coefficient (Wildman–Crippen LogP) is 1.27. The summed E-state index contributed by atoms with van der Waals surface area (Å²) in [6.45, 7) is 2.10. The van der Waals surface area contributed by atoms with Crippen LogP contribution >= 0.6 is 9.18 Å². The second-order valence-electron chi connectivity index (χ2n) is 0.750. The molecule has 0 aliphatic heterocycles. The minimum atomic E-state index is 0.408. The molecule has 0 saturated heterocycles. The molecule has 0 bridgehead atoms. The van der Waals surface area contributed by atoms with Crippen molar-refractivity contribution in [2.45, 2.75) is 13.3 Å².